The fraction of sp³-hybridized carbons (Fsp3) is 0.160. The number of benzene rings is 3. The largest absolute Gasteiger partial charge is 0.497 e. The Bertz CT molecular complexity index is 1200. The van der Waals surface area contributed by atoms with Crippen LogP contribution < -0.4 is 9.46 Å². The highest BCUT2D eigenvalue weighted by Crippen LogP contribution is 2.20. The highest BCUT2D eigenvalue weighted by molar-refractivity contribution is 7.92. The summed E-state index contributed by atoms with van der Waals surface area (Å²) < 4.78 is 32.8. The Kier molecular flexibility index (Phi) is 7.33. The van der Waals surface area contributed by atoms with Crippen molar-refractivity contribution in [2.24, 2.45) is 0 Å². The summed E-state index contributed by atoms with van der Waals surface area (Å²) in [6, 6.07) is 20.9. The number of nitrogens with one attached hydrogen (secondary N) is 1. The molecule has 0 aliphatic rings. The molecule has 0 bridgehead atoms. The first-order valence-corrected chi connectivity index (χ1v) is 11.5. The molecule has 0 fully saturated rings. The Morgan fingerprint density at radius 2 is 1.66 bits per heavy atom. The highest BCUT2D eigenvalue weighted by atomic mass is 32.2. The van der Waals surface area contributed by atoms with Gasteiger partial charge in [0, 0.05) is 25.4 Å². The number of amides is 1. The van der Waals surface area contributed by atoms with E-state index >= 15 is 0 Å². The maximum Gasteiger partial charge on any atom is 0.261 e. The average molecular weight is 451 g/mol. The number of rotatable bonds is 8. The molecule has 1 N–H and O–H groups in total. The number of hydrogen-bond donors (Lipinski definition) is 1. The maximum absolute atomic E-state index is 12.6. The summed E-state index contributed by atoms with van der Waals surface area (Å²) >= 11 is 0. The van der Waals surface area contributed by atoms with E-state index in [0.29, 0.717) is 18.0 Å². The number of hydrogen-bond acceptors (Lipinski definition) is 4. The molecule has 0 aliphatic heterocycles. The Morgan fingerprint density at radius 1 is 1.00 bits per heavy atom. The first kappa shape index (κ1) is 23.1. The van der Waals surface area contributed by atoms with Crippen LogP contribution in [0.5, 0.6) is 5.75 Å². The van der Waals surface area contributed by atoms with Crippen LogP contribution in [0.25, 0.3) is 6.08 Å². The Labute approximate surface area is 189 Å². The zero-order valence-electron chi connectivity index (χ0n) is 18.3. The standard InChI is InChI=1S/C25H26N2O4S/c1-19-6-4-5-7-21(19)18-27(2)25(28)17-10-20-8-15-24(16-9-20)32(29,30)26-22-11-13-23(31-3)14-12-22/h4-17,26H,18H2,1-3H3. The Morgan fingerprint density at radius 3 is 2.28 bits per heavy atom. The van der Waals surface area contributed by atoms with Gasteiger partial charge in [0.2, 0.25) is 5.91 Å². The van der Waals surface area contributed by atoms with Crippen LogP contribution in [0.2, 0.25) is 0 Å². The van der Waals surface area contributed by atoms with Crippen molar-refractivity contribution in [3.05, 3.63) is 95.6 Å². The van der Waals surface area contributed by atoms with Gasteiger partial charge in [-0.1, -0.05) is 36.4 Å². The molecule has 166 valence electrons. The van der Waals surface area contributed by atoms with E-state index in [4.69, 9.17) is 4.74 Å². The van der Waals surface area contributed by atoms with Crippen molar-refractivity contribution in [1.29, 1.82) is 0 Å². The van der Waals surface area contributed by atoms with E-state index < -0.39 is 10.0 Å². The van der Waals surface area contributed by atoms with Gasteiger partial charge in [-0.2, -0.15) is 0 Å². The van der Waals surface area contributed by atoms with Crippen LogP contribution in [0, 0.1) is 6.92 Å². The molecule has 7 heteroatoms. The molecule has 0 spiro atoms. The topological polar surface area (TPSA) is 75.7 Å². The number of nitrogens with zero attached hydrogens (tertiary/aromatic N) is 1. The van der Waals surface area contributed by atoms with E-state index in [2.05, 4.69) is 4.72 Å². The summed E-state index contributed by atoms with van der Waals surface area (Å²) in [7, 11) is -0.427. The summed E-state index contributed by atoms with van der Waals surface area (Å²) in [5.41, 5.74) is 3.40. The molecule has 3 aromatic carbocycles. The zero-order valence-corrected chi connectivity index (χ0v) is 19.1. The van der Waals surface area contributed by atoms with Crippen LogP contribution in [-0.2, 0) is 21.4 Å². The third kappa shape index (κ3) is 5.98. The van der Waals surface area contributed by atoms with Gasteiger partial charge < -0.3 is 9.64 Å². The van der Waals surface area contributed by atoms with Gasteiger partial charge >= 0.3 is 0 Å². The first-order valence-electron chi connectivity index (χ1n) is 10.0. The molecule has 0 saturated heterocycles. The molecule has 0 aliphatic carbocycles. The fourth-order valence-electron chi connectivity index (χ4n) is 3.05. The van der Waals surface area contributed by atoms with Crippen LogP contribution in [0.4, 0.5) is 5.69 Å². The molecular weight excluding hydrogens is 424 g/mol. The highest BCUT2D eigenvalue weighted by Gasteiger charge is 2.14. The SMILES string of the molecule is COc1ccc(NS(=O)(=O)c2ccc(C=CC(=O)N(C)Cc3ccccc3C)cc2)cc1. The summed E-state index contributed by atoms with van der Waals surface area (Å²) in [5.74, 6) is 0.509. The lowest BCUT2D eigenvalue weighted by Crippen LogP contribution is -2.24. The third-order valence-corrected chi connectivity index (χ3v) is 6.39. The number of anilines is 1. The lowest BCUT2D eigenvalue weighted by molar-refractivity contribution is -0.125. The quantitative estimate of drug-likeness (QED) is 0.514. The predicted octanol–water partition coefficient (Wildman–Crippen LogP) is 4.48. The first-order chi connectivity index (χ1) is 15.3. The molecule has 32 heavy (non-hydrogen) atoms. The lowest BCUT2D eigenvalue weighted by Gasteiger charge is -2.16. The van der Waals surface area contributed by atoms with E-state index in [-0.39, 0.29) is 10.8 Å². The number of ether oxygens (including phenoxy) is 1. The normalized spacial score (nSPS) is 11.3. The summed E-state index contributed by atoms with van der Waals surface area (Å²) in [4.78, 5) is 14.2. The van der Waals surface area contributed by atoms with Gasteiger partial charge in [-0.25, -0.2) is 8.42 Å². The number of carbonyl (C=O) groups is 1. The number of likely N-dealkylation sites (N-methyl/N-ethyl adjacent to an activating group) is 1. The third-order valence-electron chi connectivity index (χ3n) is 5.00. The van der Waals surface area contributed by atoms with Gasteiger partial charge in [-0.05, 0) is 66.1 Å². The van der Waals surface area contributed by atoms with Gasteiger partial charge in [0.05, 0.1) is 12.0 Å². The minimum absolute atomic E-state index is 0.133. The molecule has 0 heterocycles. The van der Waals surface area contributed by atoms with Crippen molar-refractivity contribution < 1.29 is 17.9 Å². The summed E-state index contributed by atoms with van der Waals surface area (Å²) in [5, 5.41) is 0. The predicted molar refractivity (Wildman–Crippen MR) is 127 cm³/mol. The van der Waals surface area contributed by atoms with Crippen LogP contribution in [-0.4, -0.2) is 33.4 Å². The van der Waals surface area contributed by atoms with Crippen LogP contribution >= 0.6 is 0 Å². The fourth-order valence-corrected chi connectivity index (χ4v) is 4.11. The second-order valence-corrected chi connectivity index (χ2v) is 9.04. The molecular formula is C25H26N2O4S. The van der Waals surface area contributed by atoms with Crippen molar-refractivity contribution in [3.63, 3.8) is 0 Å². The monoisotopic (exact) mass is 450 g/mol. The lowest BCUT2D eigenvalue weighted by atomic mass is 10.1. The van der Waals surface area contributed by atoms with Crippen molar-refractivity contribution in [2.45, 2.75) is 18.4 Å². The van der Waals surface area contributed by atoms with Crippen LogP contribution in [0.1, 0.15) is 16.7 Å². The second kappa shape index (κ2) is 10.2. The van der Waals surface area contributed by atoms with Gasteiger partial charge in [-0.15, -0.1) is 0 Å². The van der Waals surface area contributed by atoms with Crippen LogP contribution in [0.15, 0.2) is 83.8 Å². The molecule has 0 unspecified atom stereocenters. The maximum atomic E-state index is 12.6. The number of carbonyl (C=O) groups excluding carboxylic acids is 1. The number of sulfonamides is 1. The van der Waals surface area contributed by atoms with E-state index in [0.717, 1.165) is 16.7 Å². The van der Waals surface area contributed by atoms with E-state index in [1.807, 2.05) is 31.2 Å². The molecule has 6 nitrogen and oxygen atoms in total. The molecule has 3 aromatic rings. The Hall–Kier alpha value is -3.58. The van der Waals surface area contributed by atoms with Crippen LogP contribution in [0.3, 0.4) is 0 Å². The molecule has 0 atom stereocenters. The number of aryl methyl sites for hydroxylation is 1. The van der Waals surface area contributed by atoms with Gasteiger partial charge in [0.15, 0.2) is 0 Å². The molecule has 1 amide bonds. The van der Waals surface area contributed by atoms with E-state index in [1.165, 1.54) is 18.2 Å². The molecule has 0 saturated carbocycles. The molecule has 0 aromatic heterocycles. The molecule has 3 rings (SSSR count). The minimum atomic E-state index is -3.72. The Balaban J connectivity index is 1.63. The zero-order chi connectivity index (χ0) is 23.1. The van der Waals surface area contributed by atoms with E-state index in [1.54, 1.807) is 61.5 Å². The van der Waals surface area contributed by atoms with Crippen molar-refractivity contribution in [2.75, 3.05) is 18.9 Å². The smallest absolute Gasteiger partial charge is 0.261 e. The van der Waals surface area contributed by atoms with Gasteiger partial charge in [0.25, 0.3) is 10.0 Å². The minimum Gasteiger partial charge on any atom is -0.497 e. The van der Waals surface area contributed by atoms with Gasteiger partial charge in [0.1, 0.15) is 5.75 Å². The van der Waals surface area contributed by atoms with Gasteiger partial charge in [-0.3, -0.25) is 9.52 Å². The second-order valence-electron chi connectivity index (χ2n) is 7.36. The van der Waals surface area contributed by atoms with Crippen molar-refractivity contribution in [3.8, 4) is 5.75 Å². The summed E-state index contributed by atoms with van der Waals surface area (Å²) in [6.07, 6.45) is 3.15. The number of methoxy groups -OCH3 is 1. The average Bonchev–Trinajstić information content (AvgIpc) is 2.79. The van der Waals surface area contributed by atoms with Crippen molar-refractivity contribution in [1.82, 2.24) is 4.90 Å². The summed E-state index contributed by atoms with van der Waals surface area (Å²) in [6.45, 7) is 2.53. The van der Waals surface area contributed by atoms with E-state index in [9.17, 15) is 13.2 Å². The molecule has 0 radical (unpaired) electrons. The van der Waals surface area contributed by atoms with Crippen molar-refractivity contribution >= 4 is 27.7 Å².